The maximum Gasteiger partial charge on any atom is 0.490 e. The van der Waals surface area contributed by atoms with Gasteiger partial charge in [0.2, 0.25) is 0 Å². The molecule has 0 unspecified atom stereocenters. The van der Waals surface area contributed by atoms with E-state index in [1.54, 1.807) is 18.5 Å². The quantitative estimate of drug-likeness (QED) is 0.746. The molecule has 2 aromatic heterocycles. The average Bonchev–Trinajstić information content (AvgIpc) is 3.41. The molecule has 0 aliphatic carbocycles. The van der Waals surface area contributed by atoms with Crippen LogP contribution in [0.1, 0.15) is 29.0 Å². The van der Waals surface area contributed by atoms with Crippen LogP contribution in [0, 0.1) is 0 Å². The van der Waals surface area contributed by atoms with Crippen molar-refractivity contribution in [3.8, 4) is 0 Å². The number of furan rings is 1. The largest absolute Gasteiger partial charge is 0.490 e. The molecule has 1 amide bonds. The third-order valence-corrected chi connectivity index (χ3v) is 5.38. The second-order valence-corrected chi connectivity index (χ2v) is 7.50. The first-order valence-corrected chi connectivity index (χ1v) is 9.90. The zero-order valence-electron chi connectivity index (χ0n) is 17.2. The molecule has 2 fully saturated rings. The summed E-state index contributed by atoms with van der Waals surface area (Å²) < 4.78 is 43.3. The van der Waals surface area contributed by atoms with Crippen molar-refractivity contribution in [1.82, 2.24) is 20.0 Å². The summed E-state index contributed by atoms with van der Waals surface area (Å²) in [5.41, 5.74) is 0.577. The highest BCUT2D eigenvalue weighted by molar-refractivity contribution is 5.94. The molecule has 1 N–H and O–H groups in total. The summed E-state index contributed by atoms with van der Waals surface area (Å²) in [6.45, 7) is 2.10. The molecule has 12 heteroatoms. The fourth-order valence-corrected chi connectivity index (χ4v) is 3.90. The fraction of sp³-hybridized carbons (Fsp3) is 0.500. The molecule has 174 valence electrons. The number of rotatable bonds is 4. The molecule has 2 aliphatic heterocycles. The van der Waals surface area contributed by atoms with Gasteiger partial charge in [0.1, 0.15) is 5.76 Å². The van der Waals surface area contributed by atoms with Crippen LogP contribution in [0.3, 0.4) is 0 Å². The summed E-state index contributed by atoms with van der Waals surface area (Å²) in [4.78, 5) is 26.0. The maximum atomic E-state index is 13.0. The Bertz CT molecular complexity index is 894. The number of aliphatic carboxylic acids is 1. The molecule has 3 atom stereocenters. The summed E-state index contributed by atoms with van der Waals surface area (Å²) in [5, 5.41) is 14.7. The Morgan fingerprint density at radius 2 is 2.06 bits per heavy atom. The number of ether oxygens (including phenoxy) is 1. The van der Waals surface area contributed by atoms with Crippen molar-refractivity contribution in [1.29, 1.82) is 0 Å². The average molecular weight is 456 g/mol. The van der Waals surface area contributed by atoms with E-state index < -0.39 is 12.1 Å². The number of fused-ring (bicyclic) bond motifs is 1. The van der Waals surface area contributed by atoms with Crippen LogP contribution in [-0.4, -0.2) is 81.5 Å². The van der Waals surface area contributed by atoms with Crippen molar-refractivity contribution in [2.45, 2.75) is 43.8 Å². The predicted molar refractivity (Wildman–Crippen MR) is 103 cm³/mol. The highest BCUT2D eigenvalue weighted by Gasteiger charge is 2.47. The molecule has 4 heterocycles. The van der Waals surface area contributed by atoms with Gasteiger partial charge in [-0.3, -0.25) is 9.69 Å². The Morgan fingerprint density at radius 1 is 1.31 bits per heavy atom. The van der Waals surface area contributed by atoms with E-state index in [4.69, 9.17) is 19.1 Å². The van der Waals surface area contributed by atoms with Gasteiger partial charge in [-0.15, -0.1) is 0 Å². The minimum Gasteiger partial charge on any atom is -0.475 e. The minimum absolute atomic E-state index is 0.00398. The van der Waals surface area contributed by atoms with E-state index >= 15 is 0 Å². The second-order valence-electron chi connectivity index (χ2n) is 7.50. The molecule has 4 rings (SSSR count). The van der Waals surface area contributed by atoms with Gasteiger partial charge in [-0.05, 0) is 38.1 Å². The van der Waals surface area contributed by atoms with Gasteiger partial charge in [-0.25, -0.2) is 4.79 Å². The Balaban J connectivity index is 0.000000360. The Labute approximate surface area is 181 Å². The minimum atomic E-state index is -5.08. The molecule has 2 aliphatic rings. The molecule has 2 aromatic rings. The monoisotopic (exact) mass is 456 g/mol. The number of carboxylic acids is 1. The lowest BCUT2D eigenvalue weighted by Gasteiger charge is -2.34. The standard InChI is InChI=1S/C18H22N4O3.C2HF3O2/c1-21(11-14-4-2-8-24-14)16-12-22(15-5-3-9-25-17(15)16)18(23)13-6-7-19-20-10-13;3-2(4,5)1(6)7/h2,4,6-8,10,15-17H,3,5,9,11-12H2,1H3;(H,6,7)/t15-,16-,17+;/m1./s1. The molecule has 9 nitrogen and oxygen atoms in total. The van der Waals surface area contributed by atoms with Gasteiger partial charge in [-0.2, -0.15) is 23.4 Å². The third-order valence-electron chi connectivity index (χ3n) is 5.38. The molecule has 0 bridgehead atoms. The number of hydrogen-bond acceptors (Lipinski definition) is 7. The van der Waals surface area contributed by atoms with Gasteiger partial charge in [-0.1, -0.05) is 0 Å². The lowest BCUT2D eigenvalue weighted by atomic mass is 10.00. The van der Waals surface area contributed by atoms with Crippen molar-refractivity contribution in [3.63, 3.8) is 0 Å². The van der Waals surface area contributed by atoms with E-state index in [2.05, 4.69) is 22.1 Å². The summed E-state index contributed by atoms with van der Waals surface area (Å²) >= 11 is 0. The van der Waals surface area contributed by atoms with Crippen LogP contribution < -0.4 is 0 Å². The highest BCUT2D eigenvalue weighted by atomic mass is 19.4. The van der Waals surface area contributed by atoms with Crippen LogP contribution in [0.4, 0.5) is 13.2 Å². The predicted octanol–water partition coefficient (Wildman–Crippen LogP) is 2.21. The number of likely N-dealkylation sites (N-methyl/N-ethyl adjacent to an activating group) is 1. The molecule has 0 saturated carbocycles. The second kappa shape index (κ2) is 10.1. The van der Waals surface area contributed by atoms with Crippen LogP contribution >= 0.6 is 0 Å². The molecule has 0 aromatic carbocycles. The number of halogens is 3. The first kappa shape index (κ1) is 23.7. The number of carbonyl (C=O) groups excluding carboxylic acids is 1. The number of likely N-dealkylation sites (tertiary alicyclic amines) is 1. The summed E-state index contributed by atoms with van der Waals surface area (Å²) in [6.07, 6.45) is 1.67. The van der Waals surface area contributed by atoms with Crippen molar-refractivity contribution < 1.29 is 37.0 Å². The fourth-order valence-electron chi connectivity index (χ4n) is 3.90. The highest BCUT2D eigenvalue weighted by Crippen LogP contribution is 2.32. The number of carboxylic acid groups (broad SMARTS) is 1. The number of carbonyl (C=O) groups is 2. The van der Waals surface area contributed by atoms with Crippen LogP contribution in [0.25, 0.3) is 0 Å². The molecular formula is C20H23F3N4O5. The first-order chi connectivity index (χ1) is 15.2. The van der Waals surface area contributed by atoms with E-state index in [9.17, 15) is 18.0 Å². The smallest absolute Gasteiger partial charge is 0.475 e. The zero-order valence-corrected chi connectivity index (χ0v) is 17.2. The Kier molecular flexibility index (Phi) is 7.46. The van der Waals surface area contributed by atoms with E-state index in [0.717, 1.165) is 25.2 Å². The van der Waals surface area contributed by atoms with Gasteiger partial charge in [0.25, 0.3) is 5.91 Å². The van der Waals surface area contributed by atoms with Gasteiger partial charge in [0.15, 0.2) is 0 Å². The van der Waals surface area contributed by atoms with Crippen molar-refractivity contribution in [3.05, 3.63) is 48.2 Å². The SMILES string of the molecule is CN(Cc1ccco1)[C@@H]1CN(C(=O)c2ccnnc2)[C@@H]2CCCO[C@H]12.O=C(O)C(F)(F)F. The van der Waals surface area contributed by atoms with E-state index in [-0.39, 0.29) is 24.1 Å². The topological polar surface area (TPSA) is 109 Å². The van der Waals surface area contributed by atoms with E-state index in [1.165, 1.54) is 6.20 Å². The summed E-state index contributed by atoms with van der Waals surface area (Å²) in [6, 6.07) is 5.83. The van der Waals surface area contributed by atoms with Crippen LogP contribution in [0.2, 0.25) is 0 Å². The van der Waals surface area contributed by atoms with Gasteiger partial charge < -0.3 is 19.2 Å². The molecule has 0 spiro atoms. The Hall–Kier alpha value is -2.99. The van der Waals surface area contributed by atoms with E-state index in [0.29, 0.717) is 18.7 Å². The van der Waals surface area contributed by atoms with E-state index in [1.807, 2.05) is 17.0 Å². The van der Waals surface area contributed by atoms with Gasteiger partial charge in [0, 0.05) is 13.2 Å². The van der Waals surface area contributed by atoms with Crippen molar-refractivity contribution in [2.75, 3.05) is 20.2 Å². The molecule has 0 radical (unpaired) electrons. The molecular weight excluding hydrogens is 433 g/mol. The number of aromatic nitrogens is 2. The number of nitrogens with zero attached hydrogens (tertiary/aromatic N) is 4. The van der Waals surface area contributed by atoms with Gasteiger partial charge >= 0.3 is 12.1 Å². The Morgan fingerprint density at radius 3 is 2.66 bits per heavy atom. The maximum absolute atomic E-state index is 13.0. The van der Waals surface area contributed by atoms with Crippen LogP contribution in [-0.2, 0) is 16.1 Å². The zero-order chi connectivity index (χ0) is 23.3. The van der Waals surface area contributed by atoms with Crippen LogP contribution in [0.15, 0.2) is 41.3 Å². The van der Waals surface area contributed by atoms with Gasteiger partial charge in [0.05, 0.1) is 49.0 Å². The third kappa shape index (κ3) is 5.62. The lowest BCUT2D eigenvalue weighted by Crippen LogP contribution is -2.46. The number of hydrogen-bond donors (Lipinski definition) is 1. The molecule has 32 heavy (non-hydrogen) atoms. The summed E-state index contributed by atoms with van der Waals surface area (Å²) in [7, 11) is 2.06. The molecule has 2 saturated heterocycles. The van der Waals surface area contributed by atoms with Crippen LogP contribution in [0.5, 0.6) is 0 Å². The van der Waals surface area contributed by atoms with Crippen molar-refractivity contribution in [2.24, 2.45) is 0 Å². The number of alkyl halides is 3. The normalized spacial score (nSPS) is 22.8. The lowest BCUT2D eigenvalue weighted by molar-refractivity contribution is -0.192. The first-order valence-electron chi connectivity index (χ1n) is 9.90. The summed E-state index contributed by atoms with van der Waals surface area (Å²) in [5.74, 6) is -1.84. The van der Waals surface area contributed by atoms with Crippen molar-refractivity contribution >= 4 is 11.9 Å². The number of amides is 1.